The molecule has 1 N–H and O–H groups in total. The summed E-state index contributed by atoms with van der Waals surface area (Å²) in [5, 5.41) is 2.80. The zero-order valence-electron chi connectivity index (χ0n) is 19.0. The number of hydrogen-bond acceptors (Lipinski definition) is 6. The van der Waals surface area contributed by atoms with Crippen molar-refractivity contribution < 1.29 is 23.9 Å². The molecular weight excluding hydrogens is 452 g/mol. The van der Waals surface area contributed by atoms with Gasteiger partial charge in [0.2, 0.25) is 5.91 Å². The molecule has 0 bridgehead atoms. The first kappa shape index (κ1) is 24.9. The SMILES string of the molecule is COc1cccc(NC(=O)CSc2ccccc2C(=O)OCC(=O)N(C)Cc2ccccc2)c1. The highest BCUT2D eigenvalue weighted by molar-refractivity contribution is 8.00. The van der Waals surface area contributed by atoms with Crippen LogP contribution in [0.3, 0.4) is 0 Å². The summed E-state index contributed by atoms with van der Waals surface area (Å²) in [7, 11) is 3.22. The molecule has 0 atom stereocenters. The average Bonchev–Trinajstić information content (AvgIpc) is 2.86. The van der Waals surface area contributed by atoms with Crippen LogP contribution < -0.4 is 10.1 Å². The highest BCUT2D eigenvalue weighted by atomic mass is 32.2. The van der Waals surface area contributed by atoms with Crippen molar-refractivity contribution in [3.63, 3.8) is 0 Å². The molecule has 34 heavy (non-hydrogen) atoms. The normalized spacial score (nSPS) is 10.3. The largest absolute Gasteiger partial charge is 0.497 e. The summed E-state index contributed by atoms with van der Waals surface area (Å²) in [6.07, 6.45) is 0. The number of rotatable bonds is 10. The number of carbonyl (C=O) groups is 3. The summed E-state index contributed by atoms with van der Waals surface area (Å²) in [4.78, 5) is 39.5. The minimum atomic E-state index is -0.613. The third-order valence-electron chi connectivity index (χ3n) is 4.83. The number of esters is 1. The smallest absolute Gasteiger partial charge is 0.339 e. The van der Waals surface area contributed by atoms with Crippen molar-refractivity contribution in [1.29, 1.82) is 0 Å². The Bertz CT molecular complexity index is 1140. The second-order valence-electron chi connectivity index (χ2n) is 7.38. The summed E-state index contributed by atoms with van der Waals surface area (Å²) in [5.74, 6) is -0.403. The van der Waals surface area contributed by atoms with E-state index in [0.717, 1.165) is 5.56 Å². The summed E-state index contributed by atoms with van der Waals surface area (Å²) >= 11 is 1.22. The molecule has 0 aliphatic rings. The highest BCUT2D eigenvalue weighted by Crippen LogP contribution is 2.24. The zero-order chi connectivity index (χ0) is 24.3. The van der Waals surface area contributed by atoms with Crippen molar-refractivity contribution in [1.82, 2.24) is 4.90 Å². The van der Waals surface area contributed by atoms with E-state index in [4.69, 9.17) is 9.47 Å². The lowest BCUT2D eigenvalue weighted by atomic mass is 10.2. The van der Waals surface area contributed by atoms with Crippen molar-refractivity contribution >= 4 is 35.2 Å². The number of thioether (sulfide) groups is 1. The number of carbonyl (C=O) groups excluding carboxylic acids is 3. The maximum absolute atomic E-state index is 12.6. The van der Waals surface area contributed by atoms with Crippen LogP contribution in [-0.2, 0) is 20.9 Å². The Morgan fingerprint density at radius 2 is 1.68 bits per heavy atom. The maximum atomic E-state index is 12.6. The second kappa shape index (κ2) is 12.5. The first-order valence-electron chi connectivity index (χ1n) is 10.6. The zero-order valence-corrected chi connectivity index (χ0v) is 19.8. The van der Waals surface area contributed by atoms with Gasteiger partial charge in [0.05, 0.1) is 18.4 Å². The number of ether oxygens (including phenoxy) is 2. The van der Waals surface area contributed by atoms with Crippen LogP contribution in [0.2, 0.25) is 0 Å². The Morgan fingerprint density at radius 3 is 2.44 bits per heavy atom. The van der Waals surface area contributed by atoms with E-state index >= 15 is 0 Å². The minimum absolute atomic E-state index is 0.0975. The van der Waals surface area contributed by atoms with Gasteiger partial charge < -0.3 is 19.7 Å². The van der Waals surface area contributed by atoms with Gasteiger partial charge in [0.25, 0.3) is 5.91 Å². The predicted molar refractivity (Wildman–Crippen MR) is 132 cm³/mol. The standard InChI is InChI=1S/C26H26N2O5S/c1-28(16-19-9-4-3-5-10-19)25(30)17-33-26(31)22-13-6-7-14-23(22)34-18-24(29)27-20-11-8-12-21(15-20)32-2/h3-15H,16-18H2,1-2H3,(H,27,29). The molecule has 0 aliphatic heterocycles. The van der Waals surface area contributed by atoms with Crippen molar-refractivity contribution in [2.45, 2.75) is 11.4 Å². The maximum Gasteiger partial charge on any atom is 0.339 e. The average molecular weight is 479 g/mol. The van der Waals surface area contributed by atoms with Gasteiger partial charge in [-0.25, -0.2) is 4.79 Å². The lowest BCUT2D eigenvalue weighted by Crippen LogP contribution is -2.30. The lowest BCUT2D eigenvalue weighted by Gasteiger charge is -2.17. The molecular formula is C26H26N2O5S. The van der Waals surface area contributed by atoms with Gasteiger partial charge in [0.15, 0.2) is 6.61 Å². The van der Waals surface area contributed by atoms with Crippen LogP contribution in [0, 0.1) is 0 Å². The van der Waals surface area contributed by atoms with E-state index in [0.29, 0.717) is 28.4 Å². The van der Waals surface area contributed by atoms with E-state index < -0.39 is 5.97 Å². The van der Waals surface area contributed by atoms with Gasteiger partial charge in [-0.2, -0.15) is 0 Å². The Morgan fingerprint density at radius 1 is 0.941 bits per heavy atom. The van der Waals surface area contributed by atoms with Gasteiger partial charge in [0, 0.05) is 30.2 Å². The van der Waals surface area contributed by atoms with Gasteiger partial charge in [-0.1, -0.05) is 48.5 Å². The molecule has 0 unspecified atom stereocenters. The van der Waals surface area contributed by atoms with Gasteiger partial charge in [0.1, 0.15) is 5.75 Å². The van der Waals surface area contributed by atoms with E-state index in [1.807, 2.05) is 30.3 Å². The van der Waals surface area contributed by atoms with Gasteiger partial charge in [-0.05, 0) is 29.8 Å². The van der Waals surface area contributed by atoms with E-state index in [-0.39, 0.29) is 24.2 Å². The van der Waals surface area contributed by atoms with Crippen LogP contribution in [-0.4, -0.2) is 49.2 Å². The predicted octanol–water partition coefficient (Wildman–Crippen LogP) is 4.24. The van der Waals surface area contributed by atoms with Gasteiger partial charge in [-0.15, -0.1) is 11.8 Å². The van der Waals surface area contributed by atoms with Crippen LogP contribution >= 0.6 is 11.8 Å². The molecule has 7 nitrogen and oxygen atoms in total. The van der Waals surface area contributed by atoms with Gasteiger partial charge in [-0.3, -0.25) is 9.59 Å². The van der Waals surface area contributed by atoms with Crippen molar-refractivity contribution in [2.75, 3.05) is 31.8 Å². The molecule has 0 heterocycles. The molecule has 0 aliphatic carbocycles. The third kappa shape index (κ3) is 7.38. The van der Waals surface area contributed by atoms with Gasteiger partial charge >= 0.3 is 5.97 Å². The molecule has 0 saturated carbocycles. The lowest BCUT2D eigenvalue weighted by molar-refractivity contribution is -0.133. The van der Waals surface area contributed by atoms with Crippen molar-refractivity contribution in [3.05, 3.63) is 90.0 Å². The van der Waals surface area contributed by atoms with Crippen molar-refractivity contribution in [2.24, 2.45) is 0 Å². The van der Waals surface area contributed by atoms with E-state index in [1.165, 1.54) is 16.7 Å². The number of hydrogen-bond donors (Lipinski definition) is 1. The molecule has 0 radical (unpaired) electrons. The number of benzene rings is 3. The fourth-order valence-electron chi connectivity index (χ4n) is 3.06. The molecule has 0 spiro atoms. The number of anilines is 1. The number of nitrogens with one attached hydrogen (secondary N) is 1. The van der Waals surface area contributed by atoms with Crippen LogP contribution in [0.4, 0.5) is 5.69 Å². The highest BCUT2D eigenvalue weighted by Gasteiger charge is 2.17. The first-order chi connectivity index (χ1) is 16.5. The molecule has 8 heteroatoms. The number of likely N-dealkylation sites (N-methyl/N-ethyl adjacent to an activating group) is 1. The van der Waals surface area contributed by atoms with Crippen LogP contribution in [0.1, 0.15) is 15.9 Å². The topological polar surface area (TPSA) is 84.9 Å². The van der Waals surface area contributed by atoms with E-state index in [2.05, 4.69) is 5.32 Å². The molecule has 176 valence electrons. The molecule has 3 rings (SSSR count). The second-order valence-corrected chi connectivity index (χ2v) is 8.39. The van der Waals surface area contributed by atoms with Crippen LogP contribution in [0.5, 0.6) is 5.75 Å². The molecule has 2 amide bonds. The summed E-state index contributed by atoms with van der Waals surface area (Å²) in [6.45, 7) is 0.0591. The fourth-order valence-corrected chi connectivity index (χ4v) is 3.90. The minimum Gasteiger partial charge on any atom is -0.497 e. The first-order valence-corrected chi connectivity index (χ1v) is 11.6. The van der Waals surface area contributed by atoms with Crippen molar-refractivity contribution in [3.8, 4) is 5.75 Å². The fraction of sp³-hybridized carbons (Fsp3) is 0.192. The molecule has 3 aromatic rings. The van der Waals surface area contributed by atoms with Crippen LogP contribution in [0.15, 0.2) is 83.8 Å². The Hall–Kier alpha value is -3.78. The summed E-state index contributed by atoms with van der Waals surface area (Å²) in [5.41, 5.74) is 1.91. The Labute approximate surface area is 203 Å². The number of nitrogens with zero attached hydrogens (tertiary/aromatic N) is 1. The molecule has 3 aromatic carbocycles. The summed E-state index contributed by atoms with van der Waals surface area (Å²) < 4.78 is 10.4. The number of amides is 2. The monoisotopic (exact) mass is 478 g/mol. The summed E-state index contributed by atoms with van der Waals surface area (Å²) in [6, 6.07) is 23.5. The van der Waals surface area contributed by atoms with E-state index in [9.17, 15) is 14.4 Å². The molecule has 0 aromatic heterocycles. The third-order valence-corrected chi connectivity index (χ3v) is 5.91. The molecule has 0 fully saturated rings. The van der Waals surface area contributed by atoms with Crippen LogP contribution in [0.25, 0.3) is 0 Å². The molecule has 0 saturated heterocycles. The van der Waals surface area contributed by atoms with E-state index in [1.54, 1.807) is 62.7 Å². The Kier molecular flexibility index (Phi) is 9.11. The number of methoxy groups -OCH3 is 1. The Balaban J connectivity index is 1.52. The quantitative estimate of drug-likeness (QED) is 0.347.